The van der Waals surface area contributed by atoms with Gasteiger partial charge in [-0.2, -0.15) is 22.0 Å². The van der Waals surface area contributed by atoms with E-state index in [1.807, 2.05) is 20.8 Å². The number of ether oxygens (including phenoxy) is 2. The van der Waals surface area contributed by atoms with Gasteiger partial charge in [-0.1, -0.05) is 51.1 Å². The van der Waals surface area contributed by atoms with Crippen LogP contribution in [-0.4, -0.2) is 28.5 Å². The van der Waals surface area contributed by atoms with E-state index in [-0.39, 0.29) is 40.5 Å². The van der Waals surface area contributed by atoms with Crippen LogP contribution >= 0.6 is 11.3 Å². The number of amides is 1. The molecule has 1 amide bonds. The lowest BCUT2D eigenvalue weighted by molar-refractivity contribution is -0.137. The summed E-state index contributed by atoms with van der Waals surface area (Å²) in [5.41, 5.74) is -0.618. The van der Waals surface area contributed by atoms with E-state index in [0.717, 1.165) is 12.1 Å². The first-order chi connectivity index (χ1) is 18.3. The third-order valence-electron chi connectivity index (χ3n) is 5.33. The van der Waals surface area contributed by atoms with Gasteiger partial charge in [-0.05, 0) is 29.2 Å². The van der Waals surface area contributed by atoms with Gasteiger partial charge in [0.1, 0.15) is 5.69 Å². The summed E-state index contributed by atoms with van der Waals surface area (Å²) in [5.74, 6) is -0.783. The molecule has 0 fully saturated rings. The number of fused-ring (bicyclic) bond motifs is 1. The van der Waals surface area contributed by atoms with E-state index in [1.165, 1.54) is 52.3 Å². The van der Waals surface area contributed by atoms with Crippen molar-refractivity contribution in [3.05, 3.63) is 76.6 Å². The molecule has 206 valence electrons. The van der Waals surface area contributed by atoms with E-state index in [0.29, 0.717) is 10.5 Å². The van der Waals surface area contributed by atoms with E-state index in [1.54, 1.807) is 17.6 Å². The van der Waals surface area contributed by atoms with Crippen molar-refractivity contribution in [2.24, 2.45) is 5.41 Å². The van der Waals surface area contributed by atoms with Gasteiger partial charge in [0, 0.05) is 22.8 Å². The Morgan fingerprint density at radius 3 is 2.56 bits per heavy atom. The number of alkyl halides is 5. The molecule has 4 rings (SSSR count). The molecule has 6 nitrogen and oxygen atoms in total. The van der Waals surface area contributed by atoms with Gasteiger partial charge in [0.25, 0.3) is 5.91 Å². The lowest BCUT2D eigenvalue weighted by Crippen LogP contribution is -2.18. The molecule has 0 aliphatic carbocycles. The number of halogens is 5. The molecule has 0 aliphatic heterocycles. The zero-order valence-electron chi connectivity index (χ0n) is 21.1. The fourth-order valence-corrected chi connectivity index (χ4v) is 4.23. The number of hydrogen-bond donors (Lipinski definition) is 1. The standard InChI is InChI=1S/C27H24F5N3O3S/c1-26(2,3)15-37-22-17(5-4-6-21(22)38-24(28)29)8-7-16-9-10-18(27(30,31)32)13-19(16)34-23(36)20-14-33-25-35(20)11-12-39-25/h4-14,24H,15H2,1-3H3,(H,34,36)/b8-7+. The summed E-state index contributed by atoms with van der Waals surface area (Å²) in [6, 6.07) is 7.34. The number of nitrogens with one attached hydrogen (secondary N) is 1. The molecule has 0 radical (unpaired) electrons. The van der Waals surface area contributed by atoms with Gasteiger partial charge in [0.05, 0.1) is 18.4 Å². The molecule has 12 heteroatoms. The molecule has 2 aromatic heterocycles. The second-order valence-corrected chi connectivity index (χ2v) is 10.6. The molecule has 1 N–H and O–H groups in total. The minimum Gasteiger partial charge on any atom is -0.489 e. The first kappa shape index (κ1) is 28.1. The van der Waals surface area contributed by atoms with E-state index in [9.17, 15) is 26.7 Å². The molecule has 0 bridgehead atoms. The molecule has 0 unspecified atom stereocenters. The molecule has 0 saturated carbocycles. The lowest BCUT2D eigenvalue weighted by Gasteiger charge is -2.21. The van der Waals surface area contributed by atoms with E-state index >= 15 is 0 Å². The Morgan fingerprint density at radius 2 is 1.87 bits per heavy atom. The van der Waals surface area contributed by atoms with E-state index in [4.69, 9.17) is 4.74 Å². The van der Waals surface area contributed by atoms with Crippen LogP contribution in [0.15, 0.2) is 54.2 Å². The third-order valence-corrected chi connectivity index (χ3v) is 6.10. The number of aromatic nitrogens is 2. The number of para-hydroxylation sites is 1. The first-order valence-electron chi connectivity index (χ1n) is 11.6. The van der Waals surface area contributed by atoms with Gasteiger partial charge in [-0.15, -0.1) is 11.3 Å². The zero-order chi connectivity index (χ0) is 28.4. The van der Waals surface area contributed by atoms with Gasteiger partial charge in [-0.25, -0.2) is 4.98 Å². The second-order valence-electron chi connectivity index (χ2n) is 9.69. The number of hydrogen-bond acceptors (Lipinski definition) is 5. The molecule has 2 heterocycles. The third kappa shape index (κ3) is 6.94. The summed E-state index contributed by atoms with van der Waals surface area (Å²) in [7, 11) is 0. The lowest BCUT2D eigenvalue weighted by atomic mass is 9.98. The number of imidazole rings is 1. The van der Waals surface area contributed by atoms with Crippen LogP contribution in [0.1, 0.15) is 48.0 Å². The average Bonchev–Trinajstić information content (AvgIpc) is 3.45. The highest BCUT2D eigenvalue weighted by Crippen LogP contribution is 2.36. The summed E-state index contributed by atoms with van der Waals surface area (Å²) in [6.07, 6.45) is 1.26. The van der Waals surface area contributed by atoms with Crippen molar-refractivity contribution >= 4 is 40.0 Å². The van der Waals surface area contributed by atoms with Crippen molar-refractivity contribution in [3.63, 3.8) is 0 Å². The van der Waals surface area contributed by atoms with Crippen LogP contribution in [0.3, 0.4) is 0 Å². The molecular formula is C27H24F5N3O3S. The summed E-state index contributed by atoms with van der Waals surface area (Å²) >= 11 is 1.30. The highest BCUT2D eigenvalue weighted by atomic mass is 32.1. The van der Waals surface area contributed by atoms with Gasteiger partial charge < -0.3 is 14.8 Å². The van der Waals surface area contributed by atoms with Gasteiger partial charge in [0.15, 0.2) is 16.5 Å². The maximum atomic E-state index is 13.5. The Morgan fingerprint density at radius 1 is 1.13 bits per heavy atom. The molecule has 0 atom stereocenters. The molecule has 4 aromatic rings. The van der Waals surface area contributed by atoms with Gasteiger partial charge in [-0.3, -0.25) is 9.20 Å². The van der Waals surface area contributed by atoms with Crippen molar-refractivity contribution in [2.75, 3.05) is 11.9 Å². The minimum absolute atomic E-state index is 0.0561. The van der Waals surface area contributed by atoms with Crippen LogP contribution in [0.25, 0.3) is 17.1 Å². The summed E-state index contributed by atoms with van der Waals surface area (Å²) in [4.78, 5) is 17.6. The smallest absolute Gasteiger partial charge is 0.416 e. The molecule has 2 aromatic carbocycles. The fourth-order valence-electron chi connectivity index (χ4n) is 3.54. The van der Waals surface area contributed by atoms with E-state index < -0.39 is 24.3 Å². The largest absolute Gasteiger partial charge is 0.489 e. The number of anilines is 1. The maximum absolute atomic E-state index is 13.5. The van der Waals surface area contributed by atoms with Gasteiger partial charge >= 0.3 is 12.8 Å². The maximum Gasteiger partial charge on any atom is 0.416 e. The summed E-state index contributed by atoms with van der Waals surface area (Å²) in [6.45, 7) is 2.81. The minimum atomic E-state index is -4.64. The Hall–Kier alpha value is -3.93. The van der Waals surface area contributed by atoms with Crippen LogP contribution in [0, 0.1) is 5.41 Å². The normalized spacial score (nSPS) is 12.4. The second kappa shape index (κ2) is 11.0. The first-order valence-corrected chi connectivity index (χ1v) is 12.5. The van der Waals surface area contributed by atoms with E-state index in [2.05, 4.69) is 15.0 Å². The van der Waals surface area contributed by atoms with Crippen molar-refractivity contribution in [2.45, 2.75) is 33.6 Å². The Balaban J connectivity index is 1.71. The number of carbonyl (C=O) groups excluding carboxylic acids is 1. The van der Waals surface area contributed by atoms with Crippen LogP contribution in [0.4, 0.5) is 27.6 Å². The average molecular weight is 566 g/mol. The van der Waals surface area contributed by atoms with Crippen LogP contribution in [0.5, 0.6) is 11.5 Å². The van der Waals surface area contributed by atoms with Gasteiger partial charge in [0.2, 0.25) is 0 Å². The monoisotopic (exact) mass is 565 g/mol. The number of nitrogens with zero attached hydrogens (tertiary/aromatic N) is 2. The summed E-state index contributed by atoms with van der Waals surface area (Å²) < 4.78 is 78.4. The molecule has 0 aliphatic rings. The van der Waals surface area contributed by atoms with Crippen LogP contribution in [0.2, 0.25) is 0 Å². The highest BCUT2D eigenvalue weighted by Gasteiger charge is 2.31. The Labute approximate surface area is 224 Å². The van der Waals surface area contributed by atoms with Crippen LogP contribution in [-0.2, 0) is 6.18 Å². The number of benzene rings is 2. The predicted octanol–water partition coefficient (Wildman–Crippen LogP) is 7.86. The van der Waals surface area contributed by atoms with Crippen LogP contribution < -0.4 is 14.8 Å². The highest BCUT2D eigenvalue weighted by molar-refractivity contribution is 7.15. The topological polar surface area (TPSA) is 64.9 Å². The summed E-state index contributed by atoms with van der Waals surface area (Å²) in [5, 5.41) is 4.26. The zero-order valence-corrected chi connectivity index (χ0v) is 21.9. The van der Waals surface area contributed by atoms with Crippen molar-refractivity contribution in [3.8, 4) is 11.5 Å². The SMILES string of the molecule is CC(C)(C)COc1c(/C=C/c2ccc(C(F)(F)F)cc2NC(=O)c2cnc3sccn23)cccc1OC(F)F. The molecular weight excluding hydrogens is 541 g/mol. The molecule has 0 spiro atoms. The predicted molar refractivity (Wildman–Crippen MR) is 139 cm³/mol. The fraction of sp³-hybridized carbons (Fsp3) is 0.259. The van der Waals surface area contributed by atoms with Crippen molar-refractivity contribution in [1.29, 1.82) is 0 Å². The number of carbonyl (C=O) groups is 1. The quantitative estimate of drug-likeness (QED) is 0.175. The Bertz CT molecular complexity index is 1500. The Kier molecular flexibility index (Phi) is 7.96. The number of rotatable bonds is 8. The van der Waals surface area contributed by atoms with Crippen molar-refractivity contribution in [1.82, 2.24) is 9.38 Å². The number of thiazole rings is 1. The molecule has 0 saturated heterocycles. The molecule has 39 heavy (non-hydrogen) atoms. The van der Waals surface area contributed by atoms with Crippen molar-refractivity contribution < 1.29 is 36.2 Å².